The van der Waals surface area contributed by atoms with Crippen molar-refractivity contribution < 1.29 is 9.18 Å². The molecule has 3 aromatic heterocycles. The number of hydrogen-bond acceptors (Lipinski definition) is 4. The number of carbonyl (C=O) groups excluding carboxylic acids is 1. The van der Waals surface area contributed by atoms with Gasteiger partial charge in [-0.15, -0.1) is 0 Å². The third-order valence-corrected chi connectivity index (χ3v) is 6.21. The number of benzene rings is 2. The predicted molar refractivity (Wildman–Crippen MR) is 135 cm³/mol. The van der Waals surface area contributed by atoms with E-state index >= 15 is 0 Å². The van der Waals surface area contributed by atoms with Crippen LogP contribution in [-0.2, 0) is 19.5 Å². The van der Waals surface area contributed by atoms with Crippen molar-refractivity contribution in [2.24, 2.45) is 0 Å². The van der Waals surface area contributed by atoms with Gasteiger partial charge < -0.3 is 9.88 Å². The highest BCUT2D eigenvalue weighted by molar-refractivity contribution is 5.96. The molecule has 5 aromatic rings. The third kappa shape index (κ3) is 4.40. The summed E-state index contributed by atoms with van der Waals surface area (Å²) in [5.74, 6) is -0.851. The zero-order valence-electron chi connectivity index (χ0n) is 19.7. The van der Waals surface area contributed by atoms with E-state index in [1.54, 1.807) is 29.0 Å². The molecular formula is C28H24FN5O2. The number of hydrogen-bond donors (Lipinski definition) is 2. The van der Waals surface area contributed by atoms with E-state index in [4.69, 9.17) is 10.4 Å². The van der Waals surface area contributed by atoms with Crippen molar-refractivity contribution in [1.29, 1.82) is 5.41 Å². The first-order valence-corrected chi connectivity index (χ1v) is 11.6. The molecule has 0 aliphatic carbocycles. The second-order valence-electron chi connectivity index (χ2n) is 8.64. The number of carbonyl (C=O) groups is 1. The van der Waals surface area contributed by atoms with Crippen LogP contribution in [0, 0.1) is 18.2 Å². The average Bonchev–Trinajstić information content (AvgIpc) is 2.89. The Morgan fingerprint density at radius 2 is 1.75 bits per heavy atom. The zero-order chi connectivity index (χ0) is 25.2. The molecule has 0 atom stereocenters. The van der Waals surface area contributed by atoms with Gasteiger partial charge in [0.25, 0.3) is 11.5 Å². The molecule has 2 aromatic carbocycles. The van der Waals surface area contributed by atoms with E-state index in [1.165, 1.54) is 22.6 Å². The molecule has 3 heterocycles. The zero-order valence-corrected chi connectivity index (χ0v) is 19.7. The molecule has 36 heavy (non-hydrogen) atoms. The molecule has 5 rings (SSSR count). The molecule has 1 amide bonds. The van der Waals surface area contributed by atoms with E-state index < -0.39 is 5.91 Å². The summed E-state index contributed by atoms with van der Waals surface area (Å²) in [7, 11) is 0. The smallest absolute Gasteiger partial charge is 0.267 e. The Labute approximate surface area is 206 Å². The molecule has 0 fully saturated rings. The van der Waals surface area contributed by atoms with Crippen LogP contribution in [0.15, 0.2) is 83.8 Å². The minimum atomic E-state index is -0.492. The number of aryl methyl sites for hydroxylation is 3. The SMILES string of the molecule is Cc1cccn2c(=O)c3cc(C(=O)NCc4ccc(F)cc4)c(=N)n(CCc4ccccc4)c3nc12. The first-order valence-electron chi connectivity index (χ1n) is 11.6. The molecule has 0 unspecified atom stereocenters. The first-order chi connectivity index (χ1) is 17.4. The molecular weight excluding hydrogens is 457 g/mol. The van der Waals surface area contributed by atoms with Crippen LogP contribution in [0.25, 0.3) is 16.7 Å². The number of fused-ring (bicyclic) bond motifs is 2. The summed E-state index contributed by atoms with van der Waals surface area (Å²) in [6, 6.07) is 20.7. The molecule has 7 nitrogen and oxygen atoms in total. The molecule has 0 saturated heterocycles. The van der Waals surface area contributed by atoms with Crippen LogP contribution < -0.4 is 16.4 Å². The van der Waals surface area contributed by atoms with Gasteiger partial charge in [0, 0.05) is 19.3 Å². The monoisotopic (exact) mass is 481 g/mol. The average molecular weight is 482 g/mol. The third-order valence-electron chi connectivity index (χ3n) is 6.21. The fourth-order valence-electron chi connectivity index (χ4n) is 4.25. The normalized spacial score (nSPS) is 11.2. The van der Waals surface area contributed by atoms with Gasteiger partial charge in [-0.25, -0.2) is 9.37 Å². The maximum atomic E-state index is 13.4. The second kappa shape index (κ2) is 9.58. The number of pyridine rings is 2. The van der Waals surface area contributed by atoms with Crippen molar-refractivity contribution in [3.63, 3.8) is 0 Å². The van der Waals surface area contributed by atoms with Gasteiger partial charge in [-0.05, 0) is 54.3 Å². The molecule has 0 saturated carbocycles. The summed E-state index contributed by atoms with van der Waals surface area (Å²) in [6.45, 7) is 2.41. The lowest BCUT2D eigenvalue weighted by Crippen LogP contribution is -2.35. The summed E-state index contributed by atoms with van der Waals surface area (Å²) < 4.78 is 16.3. The lowest BCUT2D eigenvalue weighted by atomic mass is 10.1. The Kier molecular flexibility index (Phi) is 6.16. The highest BCUT2D eigenvalue weighted by Gasteiger charge is 2.18. The van der Waals surface area contributed by atoms with Crippen molar-refractivity contribution in [2.75, 3.05) is 0 Å². The van der Waals surface area contributed by atoms with Gasteiger partial charge in [0.1, 0.15) is 22.6 Å². The lowest BCUT2D eigenvalue weighted by Gasteiger charge is -2.15. The molecule has 180 valence electrons. The van der Waals surface area contributed by atoms with Gasteiger partial charge in [0.15, 0.2) is 0 Å². The summed E-state index contributed by atoms with van der Waals surface area (Å²) >= 11 is 0. The fourth-order valence-corrected chi connectivity index (χ4v) is 4.25. The largest absolute Gasteiger partial charge is 0.348 e. The van der Waals surface area contributed by atoms with Crippen molar-refractivity contribution in [3.8, 4) is 0 Å². The van der Waals surface area contributed by atoms with Crippen molar-refractivity contribution in [2.45, 2.75) is 26.4 Å². The number of halogens is 1. The number of aromatic nitrogens is 3. The number of nitrogens with zero attached hydrogens (tertiary/aromatic N) is 3. The Hall–Kier alpha value is -4.59. The van der Waals surface area contributed by atoms with Gasteiger partial charge in [-0.2, -0.15) is 0 Å². The minimum Gasteiger partial charge on any atom is -0.348 e. The quantitative estimate of drug-likeness (QED) is 0.362. The predicted octanol–water partition coefficient (Wildman–Crippen LogP) is 3.75. The standard InChI is InChI=1S/C28H24FN5O2/c1-18-6-5-14-34-25(18)32-26-23(28(34)36)16-22(27(35)31-17-20-9-11-21(29)12-10-20)24(30)33(26)15-13-19-7-3-2-4-8-19/h2-12,14,16,30H,13,15,17H2,1H3,(H,31,35). The Bertz CT molecular complexity index is 1710. The van der Waals surface area contributed by atoms with Crippen molar-refractivity contribution in [3.05, 3.63) is 123 Å². The van der Waals surface area contributed by atoms with E-state index in [9.17, 15) is 14.0 Å². The molecule has 8 heteroatoms. The highest BCUT2D eigenvalue weighted by atomic mass is 19.1. The van der Waals surface area contributed by atoms with Crippen LogP contribution in [0.3, 0.4) is 0 Å². The summed E-state index contributed by atoms with van der Waals surface area (Å²) in [6.07, 6.45) is 2.25. The maximum Gasteiger partial charge on any atom is 0.267 e. The Morgan fingerprint density at radius 3 is 2.50 bits per heavy atom. The van der Waals surface area contributed by atoms with Crippen LogP contribution in [-0.4, -0.2) is 19.9 Å². The van der Waals surface area contributed by atoms with Crippen LogP contribution in [0.4, 0.5) is 4.39 Å². The van der Waals surface area contributed by atoms with E-state index in [-0.39, 0.29) is 34.4 Å². The number of rotatable bonds is 6. The minimum absolute atomic E-state index is 0.0279. The van der Waals surface area contributed by atoms with E-state index in [0.29, 0.717) is 24.3 Å². The Morgan fingerprint density at radius 1 is 1.00 bits per heavy atom. The van der Waals surface area contributed by atoms with Crippen LogP contribution in [0.1, 0.15) is 27.0 Å². The van der Waals surface area contributed by atoms with Gasteiger partial charge in [0.05, 0.1) is 10.9 Å². The van der Waals surface area contributed by atoms with Gasteiger partial charge >= 0.3 is 0 Å². The summed E-state index contributed by atoms with van der Waals surface area (Å²) in [4.78, 5) is 31.4. The van der Waals surface area contributed by atoms with E-state index in [2.05, 4.69) is 5.32 Å². The molecule has 0 spiro atoms. The molecule has 0 aliphatic heterocycles. The number of amides is 1. The van der Waals surface area contributed by atoms with Gasteiger partial charge in [0.2, 0.25) is 0 Å². The molecule has 0 aliphatic rings. The second-order valence-corrected chi connectivity index (χ2v) is 8.64. The molecule has 2 N–H and O–H groups in total. The molecule has 0 bridgehead atoms. The summed E-state index contributed by atoms with van der Waals surface area (Å²) in [5.41, 5.74) is 3.24. The lowest BCUT2D eigenvalue weighted by molar-refractivity contribution is 0.0948. The van der Waals surface area contributed by atoms with Gasteiger partial charge in [-0.3, -0.25) is 19.4 Å². The van der Waals surface area contributed by atoms with Crippen LogP contribution in [0.5, 0.6) is 0 Å². The molecule has 0 radical (unpaired) electrons. The maximum absolute atomic E-state index is 13.4. The fraction of sp³-hybridized carbons (Fsp3) is 0.143. The Balaban J connectivity index is 1.62. The van der Waals surface area contributed by atoms with E-state index in [0.717, 1.165) is 16.7 Å². The van der Waals surface area contributed by atoms with Crippen LogP contribution >= 0.6 is 0 Å². The van der Waals surface area contributed by atoms with Crippen LogP contribution in [0.2, 0.25) is 0 Å². The van der Waals surface area contributed by atoms with Crippen molar-refractivity contribution in [1.82, 2.24) is 19.3 Å². The topological polar surface area (TPSA) is 92.3 Å². The van der Waals surface area contributed by atoms with E-state index in [1.807, 2.05) is 43.3 Å². The van der Waals surface area contributed by atoms with Gasteiger partial charge in [-0.1, -0.05) is 48.5 Å². The van der Waals surface area contributed by atoms with Crippen molar-refractivity contribution >= 4 is 22.6 Å². The highest BCUT2D eigenvalue weighted by Crippen LogP contribution is 2.14. The number of nitrogens with one attached hydrogen (secondary N) is 2. The summed E-state index contributed by atoms with van der Waals surface area (Å²) in [5, 5.41) is 11.9. The first kappa shape index (κ1) is 23.2.